The molecule has 0 radical (unpaired) electrons. The quantitative estimate of drug-likeness (QED) is 0.922. The van der Waals surface area contributed by atoms with Crippen LogP contribution in [0.2, 0.25) is 0 Å². The van der Waals surface area contributed by atoms with Crippen molar-refractivity contribution in [3.05, 3.63) is 47.6 Å². The highest BCUT2D eigenvalue weighted by Crippen LogP contribution is 2.29. The minimum Gasteiger partial charge on any atom is -0.472 e. The molecule has 23 heavy (non-hydrogen) atoms. The summed E-state index contributed by atoms with van der Waals surface area (Å²) in [6.45, 7) is 3.51. The van der Waals surface area contributed by atoms with Gasteiger partial charge in [-0.2, -0.15) is 0 Å². The Kier molecular flexibility index (Phi) is 4.32. The second-order valence-corrected chi connectivity index (χ2v) is 6.04. The first-order valence-corrected chi connectivity index (χ1v) is 7.78. The number of nitrogens with two attached hydrogens (primary N) is 1. The molecular formula is C17H20FN3O2. The molecule has 1 aliphatic heterocycles. The van der Waals surface area contributed by atoms with Gasteiger partial charge < -0.3 is 15.4 Å². The van der Waals surface area contributed by atoms with Crippen LogP contribution < -0.4 is 10.5 Å². The number of aromatic nitrogens is 1. The van der Waals surface area contributed by atoms with Gasteiger partial charge in [0.05, 0.1) is 18.3 Å². The van der Waals surface area contributed by atoms with E-state index in [4.69, 9.17) is 10.5 Å². The van der Waals surface area contributed by atoms with Crippen molar-refractivity contribution in [2.75, 3.05) is 13.1 Å². The van der Waals surface area contributed by atoms with E-state index in [1.54, 1.807) is 0 Å². The Balaban J connectivity index is 1.66. The van der Waals surface area contributed by atoms with Crippen LogP contribution in [-0.2, 0) is 4.79 Å². The molecule has 0 spiro atoms. The molecule has 0 saturated carbocycles. The van der Waals surface area contributed by atoms with Crippen molar-refractivity contribution in [3.63, 3.8) is 0 Å². The van der Waals surface area contributed by atoms with Gasteiger partial charge in [0.2, 0.25) is 11.8 Å². The first kappa shape index (κ1) is 15.5. The number of likely N-dealkylation sites (tertiary alicyclic amines) is 1. The van der Waals surface area contributed by atoms with E-state index in [1.165, 1.54) is 12.1 Å². The smallest absolute Gasteiger partial charge is 0.250 e. The summed E-state index contributed by atoms with van der Waals surface area (Å²) in [7, 11) is 0. The fourth-order valence-electron chi connectivity index (χ4n) is 3.00. The molecule has 1 aromatic heterocycles. The number of carbonyl (C=O) groups is 1. The van der Waals surface area contributed by atoms with Crippen molar-refractivity contribution in [1.82, 2.24) is 9.88 Å². The maximum absolute atomic E-state index is 12.9. The SMILES string of the molecule is CC1C=C(C(N)=O)C(N2CCC(Oc3ccc(F)cn3)C2)=CC1. The maximum atomic E-state index is 12.9. The molecule has 1 aromatic rings. The maximum Gasteiger partial charge on any atom is 0.250 e. The van der Waals surface area contributed by atoms with Crippen molar-refractivity contribution < 1.29 is 13.9 Å². The zero-order valence-corrected chi connectivity index (χ0v) is 13.0. The van der Waals surface area contributed by atoms with E-state index in [-0.39, 0.29) is 11.9 Å². The third kappa shape index (κ3) is 3.52. The summed E-state index contributed by atoms with van der Waals surface area (Å²) in [6, 6.07) is 2.85. The highest BCUT2D eigenvalue weighted by molar-refractivity contribution is 5.96. The molecule has 122 valence electrons. The number of pyridine rings is 1. The predicted octanol–water partition coefficient (Wildman–Crippen LogP) is 2.01. The summed E-state index contributed by atoms with van der Waals surface area (Å²) in [5.74, 6) is -0.0510. The van der Waals surface area contributed by atoms with E-state index < -0.39 is 5.91 Å². The van der Waals surface area contributed by atoms with Crippen LogP contribution in [-0.4, -0.2) is 35.0 Å². The third-order valence-electron chi connectivity index (χ3n) is 4.15. The lowest BCUT2D eigenvalue weighted by molar-refractivity contribution is -0.114. The minimum atomic E-state index is -0.396. The van der Waals surface area contributed by atoms with E-state index in [1.807, 2.05) is 6.08 Å². The Morgan fingerprint density at radius 2 is 2.30 bits per heavy atom. The monoisotopic (exact) mass is 317 g/mol. The number of primary amides is 1. The minimum absolute atomic E-state index is 0.0395. The Labute approximate surface area is 134 Å². The number of nitrogens with zero attached hydrogens (tertiary/aromatic N) is 2. The molecule has 0 bridgehead atoms. The number of halogens is 1. The van der Waals surface area contributed by atoms with Crippen LogP contribution in [0.4, 0.5) is 4.39 Å². The Hall–Kier alpha value is -2.37. The molecule has 2 atom stereocenters. The summed E-state index contributed by atoms with van der Waals surface area (Å²) in [6.07, 6.45) is 6.82. The highest BCUT2D eigenvalue weighted by atomic mass is 19.1. The van der Waals surface area contributed by atoms with Gasteiger partial charge >= 0.3 is 0 Å². The van der Waals surface area contributed by atoms with Crippen LogP contribution in [0, 0.1) is 11.7 Å². The molecule has 2 aliphatic rings. The van der Waals surface area contributed by atoms with Crippen LogP contribution >= 0.6 is 0 Å². The fourth-order valence-corrected chi connectivity index (χ4v) is 3.00. The first-order chi connectivity index (χ1) is 11.0. The van der Waals surface area contributed by atoms with E-state index >= 15 is 0 Å². The van der Waals surface area contributed by atoms with Gasteiger partial charge in [-0.25, -0.2) is 9.37 Å². The normalized spacial score (nSPS) is 24.2. The van der Waals surface area contributed by atoms with E-state index in [0.29, 0.717) is 23.9 Å². The Morgan fingerprint density at radius 3 is 3.00 bits per heavy atom. The summed E-state index contributed by atoms with van der Waals surface area (Å²) in [5.41, 5.74) is 6.99. The molecule has 1 aliphatic carbocycles. The second-order valence-electron chi connectivity index (χ2n) is 6.04. The standard InChI is InChI=1S/C17H20FN3O2/c1-11-2-4-15(14(8-11)17(19)22)21-7-6-13(10-21)23-16-5-3-12(18)9-20-16/h3-5,8-9,11,13H,2,6-7,10H2,1H3,(H2,19,22). The summed E-state index contributed by atoms with van der Waals surface area (Å²) in [4.78, 5) is 17.7. The van der Waals surface area contributed by atoms with Crippen LogP contribution in [0.3, 0.4) is 0 Å². The lowest BCUT2D eigenvalue weighted by Gasteiger charge is -2.27. The molecule has 5 nitrogen and oxygen atoms in total. The average Bonchev–Trinajstić information content (AvgIpc) is 2.98. The molecule has 1 fully saturated rings. The van der Waals surface area contributed by atoms with Gasteiger partial charge in [-0.3, -0.25) is 4.79 Å². The number of rotatable bonds is 4. The van der Waals surface area contributed by atoms with Crippen LogP contribution in [0.5, 0.6) is 5.88 Å². The molecule has 6 heteroatoms. The van der Waals surface area contributed by atoms with Gasteiger partial charge in [-0.15, -0.1) is 0 Å². The van der Waals surface area contributed by atoms with Crippen molar-refractivity contribution in [1.29, 1.82) is 0 Å². The number of amides is 1. The Bertz CT molecular complexity index is 654. The van der Waals surface area contributed by atoms with Gasteiger partial charge in [-0.1, -0.05) is 19.1 Å². The zero-order valence-electron chi connectivity index (χ0n) is 13.0. The summed E-state index contributed by atoms with van der Waals surface area (Å²) in [5, 5.41) is 0. The molecule has 2 unspecified atom stereocenters. The highest BCUT2D eigenvalue weighted by Gasteiger charge is 2.30. The van der Waals surface area contributed by atoms with E-state index in [2.05, 4.69) is 22.9 Å². The number of allylic oxidation sites excluding steroid dienone is 2. The number of hydrogen-bond acceptors (Lipinski definition) is 4. The molecule has 1 amide bonds. The molecule has 1 saturated heterocycles. The molecule has 2 N–H and O–H groups in total. The third-order valence-corrected chi connectivity index (χ3v) is 4.15. The fraction of sp³-hybridized carbons (Fsp3) is 0.412. The van der Waals surface area contributed by atoms with Gasteiger partial charge in [0, 0.05) is 24.7 Å². The van der Waals surface area contributed by atoms with Crippen molar-refractivity contribution in [2.45, 2.75) is 25.9 Å². The molecule has 0 aromatic carbocycles. The lowest BCUT2D eigenvalue weighted by atomic mass is 9.94. The zero-order chi connectivity index (χ0) is 16.4. The number of carbonyl (C=O) groups excluding carboxylic acids is 1. The summed E-state index contributed by atoms with van der Waals surface area (Å²) < 4.78 is 18.7. The first-order valence-electron chi connectivity index (χ1n) is 7.78. The molecule has 3 rings (SSSR count). The van der Waals surface area contributed by atoms with Gasteiger partial charge in [0.1, 0.15) is 11.9 Å². The summed E-state index contributed by atoms with van der Waals surface area (Å²) >= 11 is 0. The number of hydrogen-bond donors (Lipinski definition) is 1. The van der Waals surface area contributed by atoms with Crippen LogP contribution in [0.25, 0.3) is 0 Å². The van der Waals surface area contributed by atoms with Crippen molar-refractivity contribution in [2.24, 2.45) is 11.7 Å². The predicted molar refractivity (Wildman–Crippen MR) is 83.9 cm³/mol. The van der Waals surface area contributed by atoms with Crippen molar-refractivity contribution >= 4 is 5.91 Å². The topological polar surface area (TPSA) is 68.5 Å². The van der Waals surface area contributed by atoms with Gasteiger partial charge in [-0.05, 0) is 18.4 Å². The molecular weight excluding hydrogens is 297 g/mol. The Morgan fingerprint density at radius 1 is 1.48 bits per heavy atom. The second kappa shape index (κ2) is 6.40. The van der Waals surface area contributed by atoms with Crippen LogP contribution in [0.1, 0.15) is 19.8 Å². The molecule has 2 heterocycles. The van der Waals surface area contributed by atoms with E-state index in [9.17, 15) is 9.18 Å². The lowest BCUT2D eigenvalue weighted by Crippen LogP contribution is -2.30. The number of ether oxygens (including phenoxy) is 1. The van der Waals surface area contributed by atoms with Crippen molar-refractivity contribution in [3.8, 4) is 5.88 Å². The average molecular weight is 317 g/mol. The van der Waals surface area contributed by atoms with Gasteiger partial charge in [0.15, 0.2) is 0 Å². The largest absolute Gasteiger partial charge is 0.472 e. The van der Waals surface area contributed by atoms with Crippen LogP contribution in [0.15, 0.2) is 41.8 Å². The van der Waals surface area contributed by atoms with E-state index in [0.717, 1.165) is 31.3 Å². The van der Waals surface area contributed by atoms with Gasteiger partial charge in [0.25, 0.3) is 0 Å².